The van der Waals surface area contributed by atoms with Crippen LogP contribution in [-0.2, 0) is 11.2 Å². The van der Waals surface area contributed by atoms with E-state index in [1.807, 2.05) is 30.3 Å². The van der Waals surface area contributed by atoms with Gasteiger partial charge in [0, 0.05) is 10.6 Å². The Morgan fingerprint density at radius 1 is 1.25 bits per heavy atom. The molecule has 0 saturated carbocycles. The molecule has 20 heavy (non-hydrogen) atoms. The molecular formula is C15H13ClN2O2. The molecule has 2 aromatic carbocycles. The molecule has 0 atom stereocenters. The summed E-state index contributed by atoms with van der Waals surface area (Å²) in [5.74, 6) is -0.176. The van der Waals surface area contributed by atoms with Gasteiger partial charge >= 0.3 is 0 Å². The molecule has 0 bridgehead atoms. The fourth-order valence-electron chi connectivity index (χ4n) is 1.62. The molecule has 2 aromatic rings. The molecule has 1 amide bonds. The summed E-state index contributed by atoms with van der Waals surface area (Å²) in [6.07, 6.45) is 1.60. The van der Waals surface area contributed by atoms with E-state index in [1.165, 1.54) is 12.3 Å². The summed E-state index contributed by atoms with van der Waals surface area (Å²) in [5, 5.41) is 13.9. The van der Waals surface area contributed by atoms with Gasteiger partial charge in [0.05, 0.1) is 12.6 Å². The summed E-state index contributed by atoms with van der Waals surface area (Å²) in [5.41, 5.74) is 3.75. The van der Waals surface area contributed by atoms with Gasteiger partial charge in [0.25, 0.3) is 0 Å². The van der Waals surface area contributed by atoms with Gasteiger partial charge in [0.2, 0.25) is 5.91 Å². The van der Waals surface area contributed by atoms with E-state index in [0.29, 0.717) is 10.6 Å². The molecule has 2 N–H and O–H groups in total. The molecule has 2 rings (SSSR count). The number of nitrogens with zero attached hydrogens (tertiary/aromatic N) is 1. The van der Waals surface area contributed by atoms with Crippen LogP contribution in [-0.4, -0.2) is 17.2 Å². The van der Waals surface area contributed by atoms with Gasteiger partial charge in [0.1, 0.15) is 5.75 Å². The zero-order chi connectivity index (χ0) is 14.4. The van der Waals surface area contributed by atoms with Gasteiger partial charge in [-0.3, -0.25) is 4.79 Å². The number of halogens is 1. The molecule has 0 heterocycles. The van der Waals surface area contributed by atoms with Crippen molar-refractivity contribution in [3.8, 4) is 5.75 Å². The van der Waals surface area contributed by atoms with Crippen molar-refractivity contribution < 1.29 is 9.90 Å². The second kappa shape index (κ2) is 6.73. The third-order valence-electron chi connectivity index (χ3n) is 2.59. The van der Waals surface area contributed by atoms with E-state index < -0.39 is 0 Å². The lowest BCUT2D eigenvalue weighted by Crippen LogP contribution is -2.19. The zero-order valence-electron chi connectivity index (χ0n) is 10.6. The van der Waals surface area contributed by atoms with Crippen molar-refractivity contribution in [3.63, 3.8) is 0 Å². The predicted molar refractivity (Wildman–Crippen MR) is 79.0 cm³/mol. The highest BCUT2D eigenvalue weighted by Gasteiger charge is 2.02. The zero-order valence-corrected chi connectivity index (χ0v) is 11.3. The summed E-state index contributed by atoms with van der Waals surface area (Å²) in [6.45, 7) is 0. The third-order valence-corrected chi connectivity index (χ3v) is 2.83. The number of aromatic hydroxyl groups is 1. The third kappa shape index (κ3) is 4.10. The van der Waals surface area contributed by atoms with Crippen molar-refractivity contribution in [3.05, 3.63) is 64.7 Å². The van der Waals surface area contributed by atoms with Crippen molar-refractivity contribution >= 4 is 23.7 Å². The quantitative estimate of drug-likeness (QED) is 0.671. The highest BCUT2D eigenvalue weighted by atomic mass is 35.5. The summed E-state index contributed by atoms with van der Waals surface area (Å²) < 4.78 is 0. The van der Waals surface area contributed by atoms with Crippen molar-refractivity contribution in [1.82, 2.24) is 5.43 Å². The smallest absolute Gasteiger partial charge is 0.244 e. The Hall–Kier alpha value is -2.33. The van der Waals surface area contributed by atoms with E-state index in [4.69, 9.17) is 11.6 Å². The summed E-state index contributed by atoms with van der Waals surface area (Å²) in [4.78, 5) is 11.6. The van der Waals surface area contributed by atoms with Gasteiger partial charge in [-0.05, 0) is 23.8 Å². The number of nitrogens with one attached hydrogen (secondary N) is 1. The van der Waals surface area contributed by atoms with Gasteiger partial charge in [-0.15, -0.1) is 0 Å². The summed E-state index contributed by atoms with van der Waals surface area (Å²) in [7, 11) is 0. The average molecular weight is 289 g/mol. The van der Waals surface area contributed by atoms with Crippen LogP contribution >= 0.6 is 11.6 Å². The van der Waals surface area contributed by atoms with Crippen LogP contribution in [0.3, 0.4) is 0 Å². The molecule has 102 valence electrons. The van der Waals surface area contributed by atoms with Crippen LogP contribution in [0.25, 0.3) is 0 Å². The lowest BCUT2D eigenvalue weighted by Gasteiger charge is -2.01. The minimum absolute atomic E-state index is 0.0514. The molecule has 4 nitrogen and oxygen atoms in total. The van der Waals surface area contributed by atoms with Crippen LogP contribution < -0.4 is 5.43 Å². The number of amides is 1. The summed E-state index contributed by atoms with van der Waals surface area (Å²) in [6, 6.07) is 14.0. The number of hydrogen-bond donors (Lipinski definition) is 2. The van der Waals surface area contributed by atoms with Crippen LogP contribution in [0.2, 0.25) is 5.02 Å². The van der Waals surface area contributed by atoms with Crippen molar-refractivity contribution in [2.75, 3.05) is 0 Å². The maximum atomic E-state index is 11.6. The van der Waals surface area contributed by atoms with Gasteiger partial charge < -0.3 is 5.11 Å². The number of carbonyl (C=O) groups is 1. The first-order chi connectivity index (χ1) is 9.65. The monoisotopic (exact) mass is 288 g/mol. The fraction of sp³-hybridized carbons (Fsp3) is 0.0667. The first-order valence-electron chi connectivity index (χ1n) is 5.99. The number of hydrazone groups is 1. The number of hydrogen-bond acceptors (Lipinski definition) is 3. The van der Waals surface area contributed by atoms with E-state index in [1.54, 1.807) is 12.1 Å². The number of phenolic OH excluding ortho intramolecular Hbond substituents is 1. The Morgan fingerprint density at radius 3 is 2.75 bits per heavy atom. The second-order valence-corrected chi connectivity index (χ2v) is 4.60. The SMILES string of the molecule is O=C(Cc1ccccc1)N/N=C/c1cc(Cl)ccc1O. The minimum atomic E-state index is -0.228. The maximum absolute atomic E-state index is 11.6. The standard InChI is InChI=1S/C15H13ClN2O2/c16-13-6-7-14(19)12(9-13)10-17-18-15(20)8-11-4-2-1-3-5-11/h1-7,9-10,19H,8H2,(H,18,20)/b17-10+. The van der Waals surface area contributed by atoms with E-state index in [-0.39, 0.29) is 18.1 Å². The molecule has 0 aliphatic rings. The van der Waals surface area contributed by atoms with Crippen molar-refractivity contribution in [2.24, 2.45) is 5.10 Å². The molecule has 5 heteroatoms. The number of rotatable bonds is 4. The van der Waals surface area contributed by atoms with Crippen molar-refractivity contribution in [2.45, 2.75) is 6.42 Å². The number of carbonyl (C=O) groups excluding carboxylic acids is 1. The summed E-state index contributed by atoms with van der Waals surface area (Å²) >= 11 is 5.81. The molecule has 0 fully saturated rings. The minimum Gasteiger partial charge on any atom is -0.507 e. The van der Waals surface area contributed by atoms with Crippen LogP contribution in [0, 0.1) is 0 Å². The van der Waals surface area contributed by atoms with E-state index >= 15 is 0 Å². The molecule has 0 saturated heterocycles. The van der Waals surface area contributed by atoms with E-state index in [0.717, 1.165) is 5.56 Å². The fourth-order valence-corrected chi connectivity index (χ4v) is 1.80. The highest BCUT2D eigenvalue weighted by molar-refractivity contribution is 6.30. The molecule has 0 radical (unpaired) electrons. The predicted octanol–water partition coefficient (Wildman–Crippen LogP) is 2.74. The van der Waals surface area contributed by atoms with Crippen molar-refractivity contribution in [1.29, 1.82) is 0 Å². The maximum Gasteiger partial charge on any atom is 0.244 e. The highest BCUT2D eigenvalue weighted by Crippen LogP contribution is 2.19. The largest absolute Gasteiger partial charge is 0.507 e. The average Bonchev–Trinajstić information content (AvgIpc) is 2.44. The van der Waals surface area contributed by atoms with Crippen LogP contribution in [0.1, 0.15) is 11.1 Å². The first-order valence-corrected chi connectivity index (χ1v) is 6.37. The molecular weight excluding hydrogens is 276 g/mol. The Kier molecular flexibility index (Phi) is 4.74. The Labute approximate surface area is 121 Å². The molecule has 0 unspecified atom stereocenters. The van der Waals surface area contributed by atoms with Gasteiger partial charge in [0.15, 0.2) is 0 Å². The second-order valence-electron chi connectivity index (χ2n) is 4.16. The molecule has 0 aliphatic heterocycles. The number of benzene rings is 2. The van der Waals surface area contributed by atoms with Gasteiger partial charge in [-0.25, -0.2) is 5.43 Å². The molecule has 0 spiro atoms. The lowest BCUT2D eigenvalue weighted by molar-refractivity contribution is -0.120. The molecule has 0 aromatic heterocycles. The number of phenols is 1. The van der Waals surface area contributed by atoms with E-state index in [2.05, 4.69) is 10.5 Å². The first kappa shape index (κ1) is 14.1. The van der Waals surface area contributed by atoms with Gasteiger partial charge in [-0.1, -0.05) is 41.9 Å². The Balaban J connectivity index is 1.93. The van der Waals surface area contributed by atoms with Crippen LogP contribution in [0.15, 0.2) is 53.6 Å². The topological polar surface area (TPSA) is 61.7 Å². The van der Waals surface area contributed by atoms with Crippen LogP contribution in [0.4, 0.5) is 0 Å². The normalized spacial score (nSPS) is 10.7. The Morgan fingerprint density at radius 2 is 2.00 bits per heavy atom. The lowest BCUT2D eigenvalue weighted by atomic mass is 10.1. The van der Waals surface area contributed by atoms with Crippen LogP contribution in [0.5, 0.6) is 5.75 Å². The molecule has 0 aliphatic carbocycles. The Bertz CT molecular complexity index is 627. The van der Waals surface area contributed by atoms with Gasteiger partial charge in [-0.2, -0.15) is 5.10 Å². The van der Waals surface area contributed by atoms with E-state index in [9.17, 15) is 9.90 Å².